The largest absolute Gasteiger partial charge is 0.481 e. The van der Waals surface area contributed by atoms with Crippen LogP contribution in [0.1, 0.15) is 11.5 Å². The summed E-state index contributed by atoms with van der Waals surface area (Å²) < 4.78 is 0. The van der Waals surface area contributed by atoms with E-state index in [9.17, 15) is 19.7 Å². The van der Waals surface area contributed by atoms with Crippen molar-refractivity contribution in [1.29, 1.82) is 0 Å². The van der Waals surface area contributed by atoms with Crippen LogP contribution in [0.4, 0.5) is 5.69 Å². The van der Waals surface area contributed by atoms with Gasteiger partial charge in [0.1, 0.15) is 12.0 Å². The van der Waals surface area contributed by atoms with Gasteiger partial charge in [-0.3, -0.25) is 19.7 Å². The highest BCUT2D eigenvalue weighted by Gasteiger charge is 2.32. The minimum atomic E-state index is -1.62. The summed E-state index contributed by atoms with van der Waals surface area (Å²) in [5, 5.41) is 28.1. The van der Waals surface area contributed by atoms with E-state index in [4.69, 9.17) is 15.9 Å². The Hall–Kier alpha value is -2.48. The molecular weight excluding hydrogens is 244 g/mol. The fourth-order valence-electron chi connectivity index (χ4n) is 1.45. The number of rotatable bonds is 5. The summed E-state index contributed by atoms with van der Waals surface area (Å²) in [4.78, 5) is 31.5. The van der Waals surface area contributed by atoms with E-state index in [1.54, 1.807) is 0 Å². The average Bonchev–Trinajstić information content (AvgIpc) is 2.29. The maximum atomic E-state index is 11.0. The van der Waals surface area contributed by atoms with Gasteiger partial charge in [-0.15, -0.1) is 0 Å². The van der Waals surface area contributed by atoms with Crippen LogP contribution in [0, 0.1) is 10.1 Å². The molecule has 0 heterocycles. The number of nitro benzene ring substituents is 1. The summed E-state index contributed by atoms with van der Waals surface area (Å²) in [6.45, 7) is 0. The molecule has 18 heavy (non-hydrogen) atoms. The third kappa shape index (κ3) is 2.80. The molecule has 1 aromatic rings. The van der Waals surface area contributed by atoms with Crippen LogP contribution in [-0.2, 0) is 9.59 Å². The molecule has 0 aliphatic heterocycles. The number of carbonyl (C=O) groups is 2. The molecule has 1 unspecified atom stereocenters. The van der Waals surface area contributed by atoms with Crippen LogP contribution in [0.2, 0.25) is 0 Å². The first-order valence-corrected chi connectivity index (χ1v) is 4.80. The fourth-order valence-corrected chi connectivity index (χ4v) is 1.45. The van der Waals surface area contributed by atoms with Gasteiger partial charge in [0, 0.05) is 12.1 Å². The topological polar surface area (TPSA) is 144 Å². The lowest BCUT2D eigenvalue weighted by atomic mass is 9.92. The number of nitrogens with two attached hydrogens (primary N) is 1. The molecule has 0 aliphatic rings. The molecule has 0 aliphatic carbocycles. The van der Waals surface area contributed by atoms with Crippen LogP contribution in [0.5, 0.6) is 0 Å². The van der Waals surface area contributed by atoms with Crippen molar-refractivity contribution in [2.24, 2.45) is 5.73 Å². The van der Waals surface area contributed by atoms with E-state index in [-0.39, 0.29) is 11.3 Å². The number of nitrogens with zero attached hydrogens (tertiary/aromatic N) is 1. The molecule has 0 amide bonds. The highest BCUT2D eigenvalue weighted by atomic mass is 16.6. The van der Waals surface area contributed by atoms with E-state index in [0.717, 1.165) is 12.1 Å². The number of hydrogen-bond donors (Lipinski definition) is 3. The van der Waals surface area contributed by atoms with E-state index in [2.05, 4.69) is 0 Å². The van der Waals surface area contributed by atoms with Crippen molar-refractivity contribution in [2.45, 2.75) is 12.0 Å². The zero-order valence-electron chi connectivity index (χ0n) is 9.02. The van der Waals surface area contributed by atoms with Gasteiger partial charge >= 0.3 is 11.9 Å². The van der Waals surface area contributed by atoms with E-state index in [1.165, 1.54) is 12.1 Å². The van der Waals surface area contributed by atoms with Crippen molar-refractivity contribution in [3.05, 3.63) is 39.9 Å². The molecule has 0 bridgehead atoms. The monoisotopic (exact) mass is 254 g/mol. The molecule has 1 aromatic carbocycles. The number of benzene rings is 1. The molecule has 8 heteroatoms. The van der Waals surface area contributed by atoms with Crippen LogP contribution < -0.4 is 5.73 Å². The van der Waals surface area contributed by atoms with Crippen LogP contribution >= 0.6 is 0 Å². The van der Waals surface area contributed by atoms with E-state index >= 15 is 0 Å². The van der Waals surface area contributed by atoms with Crippen LogP contribution in [0.3, 0.4) is 0 Å². The van der Waals surface area contributed by atoms with Crippen molar-refractivity contribution in [3.8, 4) is 0 Å². The Kier molecular flexibility index (Phi) is 3.95. The second kappa shape index (κ2) is 5.23. The number of aliphatic carboxylic acids is 2. The summed E-state index contributed by atoms with van der Waals surface area (Å²) in [6.07, 6.45) is 0. The molecule has 0 aromatic heterocycles. The smallest absolute Gasteiger partial charge is 0.321 e. The van der Waals surface area contributed by atoms with Crippen molar-refractivity contribution >= 4 is 17.6 Å². The highest BCUT2D eigenvalue weighted by molar-refractivity contribution is 5.86. The van der Waals surface area contributed by atoms with Crippen molar-refractivity contribution < 1.29 is 24.7 Å². The van der Waals surface area contributed by atoms with Gasteiger partial charge < -0.3 is 15.9 Å². The number of carboxylic acids is 2. The van der Waals surface area contributed by atoms with E-state index in [1.807, 2.05) is 0 Å². The second-order valence-corrected chi connectivity index (χ2v) is 3.53. The first kappa shape index (κ1) is 13.6. The molecule has 0 saturated heterocycles. The Bertz CT molecular complexity index is 484. The lowest BCUT2D eigenvalue weighted by molar-refractivity contribution is -0.384. The molecule has 2 atom stereocenters. The molecule has 96 valence electrons. The lowest BCUT2D eigenvalue weighted by Crippen LogP contribution is -2.40. The molecule has 0 saturated carbocycles. The summed E-state index contributed by atoms with van der Waals surface area (Å²) in [7, 11) is 0. The third-order valence-electron chi connectivity index (χ3n) is 2.37. The summed E-state index contributed by atoms with van der Waals surface area (Å²) in [5.41, 5.74) is 5.16. The lowest BCUT2D eigenvalue weighted by Gasteiger charge is -2.16. The average molecular weight is 254 g/mol. The Labute approximate surface area is 101 Å². The summed E-state index contributed by atoms with van der Waals surface area (Å²) in [5.74, 6) is -4.32. The maximum absolute atomic E-state index is 11.0. The number of non-ortho nitro benzene ring substituents is 1. The number of carboxylic acid groups (broad SMARTS) is 2. The number of hydrogen-bond acceptors (Lipinski definition) is 5. The fraction of sp³-hybridized carbons (Fsp3) is 0.200. The van der Waals surface area contributed by atoms with Gasteiger partial charge in [0.25, 0.3) is 5.69 Å². The first-order valence-electron chi connectivity index (χ1n) is 4.80. The highest BCUT2D eigenvalue weighted by Crippen LogP contribution is 2.22. The minimum absolute atomic E-state index is 0.100. The second-order valence-electron chi connectivity index (χ2n) is 3.53. The molecule has 0 fully saturated rings. The van der Waals surface area contributed by atoms with Gasteiger partial charge in [-0.05, 0) is 5.56 Å². The minimum Gasteiger partial charge on any atom is -0.481 e. The van der Waals surface area contributed by atoms with Gasteiger partial charge in [0.15, 0.2) is 0 Å². The Morgan fingerprint density at radius 2 is 1.67 bits per heavy atom. The first-order chi connectivity index (χ1) is 8.34. The zero-order chi connectivity index (χ0) is 13.9. The normalized spacial score (nSPS) is 13.6. The Morgan fingerprint density at radius 3 is 2.00 bits per heavy atom. The van der Waals surface area contributed by atoms with Gasteiger partial charge in [-0.2, -0.15) is 0 Å². The van der Waals surface area contributed by atoms with Crippen LogP contribution in [-0.4, -0.2) is 33.1 Å². The van der Waals surface area contributed by atoms with Crippen molar-refractivity contribution in [1.82, 2.24) is 0 Å². The van der Waals surface area contributed by atoms with E-state index in [0.29, 0.717) is 0 Å². The Morgan fingerprint density at radius 1 is 1.17 bits per heavy atom. The van der Waals surface area contributed by atoms with Crippen molar-refractivity contribution in [2.75, 3.05) is 0 Å². The van der Waals surface area contributed by atoms with Gasteiger partial charge in [0.2, 0.25) is 0 Å². The Balaban J connectivity index is 3.11. The molecular formula is C10H10N2O6. The maximum Gasteiger partial charge on any atom is 0.321 e. The quantitative estimate of drug-likeness (QED) is 0.501. The number of nitro groups is 1. The predicted octanol–water partition coefficient (Wildman–Crippen LogP) is 0.175. The van der Waals surface area contributed by atoms with Gasteiger partial charge in [0.05, 0.1) is 4.92 Å². The molecule has 4 N–H and O–H groups in total. The molecule has 0 spiro atoms. The predicted molar refractivity (Wildman–Crippen MR) is 59.1 cm³/mol. The standard InChI is InChI=1S/C10H10N2O6/c11-8(10(15)16)7(9(13)14)5-1-3-6(4-2-5)12(17)18/h1-4,7-8H,11H2,(H,13,14)(H,15,16)/t7?,8-/m0/s1. The van der Waals surface area contributed by atoms with Gasteiger partial charge in [-0.1, -0.05) is 12.1 Å². The van der Waals surface area contributed by atoms with Crippen molar-refractivity contribution in [3.63, 3.8) is 0 Å². The van der Waals surface area contributed by atoms with E-state index < -0.39 is 28.8 Å². The summed E-state index contributed by atoms with van der Waals surface area (Å²) >= 11 is 0. The van der Waals surface area contributed by atoms with Gasteiger partial charge in [-0.25, -0.2) is 0 Å². The van der Waals surface area contributed by atoms with Crippen LogP contribution in [0.25, 0.3) is 0 Å². The zero-order valence-corrected chi connectivity index (χ0v) is 9.02. The SMILES string of the molecule is N[C@H](C(=O)O)C(C(=O)O)c1ccc([N+](=O)[O-])cc1. The molecule has 0 radical (unpaired) electrons. The third-order valence-corrected chi connectivity index (χ3v) is 2.37. The van der Waals surface area contributed by atoms with Crippen LogP contribution in [0.15, 0.2) is 24.3 Å². The molecule has 1 rings (SSSR count). The summed E-state index contributed by atoms with van der Waals surface area (Å²) in [6, 6.07) is 2.93. The molecule has 8 nitrogen and oxygen atoms in total.